The van der Waals surface area contributed by atoms with Gasteiger partial charge in [-0.1, -0.05) is 52.3 Å². The lowest BCUT2D eigenvalue weighted by Gasteiger charge is -2.15. The minimum absolute atomic E-state index is 0.0364. The molecule has 3 rings (SSSR count). The molecule has 3 aromatic carbocycles. The van der Waals surface area contributed by atoms with Gasteiger partial charge in [0.25, 0.3) is 0 Å². The molecule has 1 amide bonds. The third-order valence-electron chi connectivity index (χ3n) is 4.42. The van der Waals surface area contributed by atoms with E-state index in [-0.39, 0.29) is 29.8 Å². The Morgan fingerprint density at radius 1 is 1.00 bits per heavy atom. The highest BCUT2D eigenvalue weighted by Crippen LogP contribution is 2.20. The van der Waals surface area contributed by atoms with Crippen LogP contribution in [-0.4, -0.2) is 20.9 Å². The molecule has 0 saturated heterocycles. The molecule has 5 nitrogen and oxygen atoms in total. The molecular weight excluding hydrogens is 440 g/mol. The first-order chi connectivity index (χ1) is 13.3. The van der Waals surface area contributed by atoms with Crippen molar-refractivity contribution in [2.24, 2.45) is 0 Å². The Balaban J connectivity index is 1.54. The highest BCUT2D eigenvalue weighted by atomic mass is 79.9. The number of sulfonamides is 1. The predicted octanol–water partition coefficient (Wildman–Crippen LogP) is 4.15. The van der Waals surface area contributed by atoms with Gasteiger partial charge in [0, 0.05) is 17.4 Å². The van der Waals surface area contributed by atoms with Gasteiger partial charge < -0.3 is 5.32 Å². The SMILES string of the molecule is CC(NC(=O)CCNS(=O)(=O)c1ccc(Br)cc1)c1ccc2ccccc2c1. The van der Waals surface area contributed by atoms with Gasteiger partial charge in [0.2, 0.25) is 15.9 Å². The fourth-order valence-electron chi connectivity index (χ4n) is 2.87. The van der Waals surface area contributed by atoms with E-state index in [2.05, 4.69) is 32.0 Å². The number of carbonyl (C=O) groups excluding carboxylic acids is 1. The van der Waals surface area contributed by atoms with Crippen molar-refractivity contribution in [3.05, 3.63) is 76.8 Å². The van der Waals surface area contributed by atoms with Crippen molar-refractivity contribution >= 4 is 42.6 Å². The summed E-state index contributed by atoms with van der Waals surface area (Å²) >= 11 is 3.27. The summed E-state index contributed by atoms with van der Waals surface area (Å²) in [4.78, 5) is 12.4. The number of halogens is 1. The van der Waals surface area contributed by atoms with E-state index in [1.807, 2.05) is 43.3 Å². The number of fused-ring (bicyclic) bond motifs is 1. The van der Waals surface area contributed by atoms with Gasteiger partial charge in [0.15, 0.2) is 0 Å². The summed E-state index contributed by atoms with van der Waals surface area (Å²) < 4.78 is 27.7. The summed E-state index contributed by atoms with van der Waals surface area (Å²) in [6.45, 7) is 1.95. The minimum Gasteiger partial charge on any atom is -0.350 e. The van der Waals surface area contributed by atoms with Gasteiger partial charge in [0.1, 0.15) is 0 Å². The second-order valence-corrected chi connectivity index (χ2v) is 9.18. The molecule has 0 fully saturated rings. The van der Waals surface area contributed by atoms with Crippen molar-refractivity contribution in [3.63, 3.8) is 0 Å². The van der Waals surface area contributed by atoms with E-state index in [9.17, 15) is 13.2 Å². The van der Waals surface area contributed by atoms with Gasteiger partial charge in [0.05, 0.1) is 10.9 Å². The largest absolute Gasteiger partial charge is 0.350 e. The van der Waals surface area contributed by atoms with Crippen LogP contribution in [0.5, 0.6) is 0 Å². The Hall–Kier alpha value is -2.22. The molecular formula is C21H21BrN2O3S. The van der Waals surface area contributed by atoms with Crippen molar-refractivity contribution in [1.29, 1.82) is 0 Å². The first kappa shape index (κ1) is 20.5. The van der Waals surface area contributed by atoms with Gasteiger partial charge in [-0.3, -0.25) is 4.79 Å². The maximum absolute atomic E-state index is 12.2. The molecule has 0 spiro atoms. The predicted molar refractivity (Wildman–Crippen MR) is 114 cm³/mol. The zero-order valence-electron chi connectivity index (χ0n) is 15.4. The molecule has 0 aliphatic carbocycles. The summed E-state index contributed by atoms with van der Waals surface area (Å²) in [5.41, 5.74) is 1.00. The Bertz CT molecular complexity index is 1080. The standard InChI is InChI=1S/C21H21BrN2O3S/c1-15(17-7-6-16-4-2-3-5-18(16)14-17)24-21(25)12-13-23-28(26,27)20-10-8-19(22)9-11-20/h2-11,14-15,23H,12-13H2,1H3,(H,24,25). The lowest BCUT2D eigenvalue weighted by Crippen LogP contribution is -2.32. The average molecular weight is 461 g/mol. The van der Waals surface area contributed by atoms with E-state index >= 15 is 0 Å². The minimum atomic E-state index is -3.63. The molecule has 146 valence electrons. The lowest BCUT2D eigenvalue weighted by atomic mass is 10.0. The van der Waals surface area contributed by atoms with Crippen LogP contribution in [0.4, 0.5) is 0 Å². The number of benzene rings is 3. The molecule has 1 unspecified atom stereocenters. The van der Waals surface area contributed by atoms with Crippen molar-refractivity contribution < 1.29 is 13.2 Å². The van der Waals surface area contributed by atoms with Gasteiger partial charge in [-0.15, -0.1) is 0 Å². The molecule has 0 aliphatic heterocycles. The Morgan fingerprint density at radius 3 is 2.39 bits per heavy atom. The smallest absolute Gasteiger partial charge is 0.240 e. The van der Waals surface area contributed by atoms with Crippen LogP contribution in [0, 0.1) is 0 Å². The molecule has 0 aliphatic rings. The third kappa shape index (κ3) is 5.19. The van der Waals surface area contributed by atoms with Gasteiger partial charge in [-0.05, 0) is 53.6 Å². The second kappa shape index (κ2) is 8.86. The normalized spacial score (nSPS) is 12.6. The van der Waals surface area contributed by atoms with Crippen LogP contribution >= 0.6 is 15.9 Å². The van der Waals surface area contributed by atoms with Gasteiger partial charge >= 0.3 is 0 Å². The quantitative estimate of drug-likeness (QED) is 0.555. The zero-order valence-corrected chi connectivity index (χ0v) is 17.8. The number of hydrogen-bond acceptors (Lipinski definition) is 3. The Kier molecular flexibility index (Phi) is 6.49. The number of amides is 1. The summed E-state index contributed by atoms with van der Waals surface area (Å²) in [6.07, 6.45) is 0.0632. The Morgan fingerprint density at radius 2 is 1.68 bits per heavy atom. The molecule has 0 bridgehead atoms. The first-order valence-corrected chi connectivity index (χ1v) is 11.2. The molecule has 0 radical (unpaired) electrons. The summed E-state index contributed by atoms with van der Waals surface area (Å²) in [5, 5.41) is 5.17. The molecule has 0 aromatic heterocycles. The number of carbonyl (C=O) groups is 1. The van der Waals surface area contributed by atoms with Crippen molar-refractivity contribution in [1.82, 2.24) is 10.0 Å². The third-order valence-corrected chi connectivity index (χ3v) is 6.42. The molecule has 3 aromatic rings. The fourth-order valence-corrected chi connectivity index (χ4v) is 4.17. The average Bonchev–Trinajstić information content (AvgIpc) is 2.67. The van der Waals surface area contributed by atoms with E-state index < -0.39 is 10.0 Å². The fraction of sp³-hybridized carbons (Fsp3) is 0.190. The van der Waals surface area contributed by atoms with Gasteiger partial charge in [-0.2, -0.15) is 0 Å². The highest BCUT2D eigenvalue weighted by molar-refractivity contribution is 9.10. The van der Waals surface area contributed by atoms with Crippen LogP contribution in [0.3, 0.4) is 0 Å². The van der Waals surface area contributed by atoms with E-state index in [1.54, 1.807) is 12.1 Å². The Labute approximate surface area is 173 Å². The van der Waals surface area contributed by atoms with Crippen LogP contribution < -0.4 is 10.0 Å². The molecule has 7 heteroatoms. The molecule has 0 heterocycles. The monoisotopic (exact) mass is 460 g/mol. The van der Waals surface area contributed by atoms with Gasteiger partial charge in [-0.25, -0.2) is 13.1 Å². The van der Waals surface area contributed by atoms with Crippen LogP contribution in [0.15, 0.2) is 76.1 Å². The summed E-state index contributed by atoms with van der Waals surface area (Å²) in [5.74, 6) is -0.209. The van der Waals surface area contributed by atoms with E-state index in [1.165, 1.54) is 12.1 Å². The maximum Gasteiger partial charge on any atom is 0.240 e. The molecule has 1 atom stereocenters. The number of hydrogen-bond donors (Lipinski definition) is 2. The van der Waals surface area contributed by atoms with Crippen LogP contribution in [0.2, 0.25) is 0 Å². The van der Waals surface area contributed by atoms with Crippen molar-refractivity contribution in [2.75, 3.05) is 6.54 Å². The van der Waals surface area contributed by atoms with E-state index in [4.69, 9.17) is 0 Å². The maximum atomic E-state index is 12.2. The lowest BCUT2D eigenvalue weighted by molar-refractivity contribution is -0.121. The van der Waals surface area contributed by atoms with Crippen molar-refractivity contribution in [3.8, 4) is 0 Å². The van der Waals surface area contributed by atoms with E-state index in [0.717, 1.165) is 20.8 Å². The van der Waals surface area contributed by atoms with Crippen LogP contribution in [-0.2, 0) is 14.8 Å². The summed E-state index contributed by atoms with van der Waals surface area (Å²) in [6, 6.07) is 20.3. The van der Waals surface area contributed by atoms with Crippen LogP contribution in [0.25, 0.3) is 10.8 Å². The molecule has 2 N–H and O–H groups in total. The van der Waals surface area contributed by atoms with E-state index in [0.29, 0.717) is 0 Å². The number of nitrogens with one attached hydrogen (secondary N) is 2. The molecule has 28 heavy (non-hydrogen) atoms. The summed E-state index contributed by atoms with van der Waals surface area (Å²) in [7, 11) is -3.63. The topological polar surface area (TPSA) is 75.3 Å². The number of rotatable bonds is 7. The second-order valence-electron chi connectivity index (χ2n) is 6.50. The van der Waals surface area contributed by atoms with Crippen LogP contribution in [0.1, 0.15) is 24.9 Å². The zero-order chi connectivity index (χ0) is 20.1. The van der Waals surface area contributed by atoms with Crippen molar-refractivity contribution in [2.45, 2.75) is 24.3 Å². The first-order valence-electron chi connectivity index (χ1n) is 8.88. The highest BCUT2D eigenvalue weighted by Gasteiger charge is 2.15. The molecule has 0 saturated carbocycles.